The van der Waals surface area contributed by atoms with E-state index in [1.807, 2.05) is 0 Å². The van der Waals surface area contributed by atoms with E-state index >= 15 is 0 Å². The van der Waals surface area contributed by atoms with E-state index in [1.54, 1.807) is 0 Å². The summed E-state index contributed by atoms with van der Waals surface area (Å²) in [5.41, 5.74) is 12.0. The van der Waals surface area contributed by atoms with Crippen LogP contribution in [0.5, 0.6) is 5.75 Å². The molecule has 0 unspecified atom stereocenters. The van der Waals surface area contributed by atoms with E-state index in [9.17, 15) is 9.59 Å². The molecule has 6 nitrogen and oxygen atoms in total. The van der Waals surface area contributed by atoms with Crippen LogP contribution in [0.4, 0.5) is 11.4 Å². The number of ether oxygens (including phenoxy) is 2. The van der Waals surface area contributed by atoms with Gasteiger partial charge in [-0.3, -0.25) is 0 Å². The van der Waals surface area contributed by atoms with Crippen LogP contribution in [-0.4, -0.2) is 18.0 Å². The van der Waals surface area contributed by atoms with Crippen molar-refractivity contribution in [3.63, 3.8) is 0 Å². The third-order valence-corrected chi connectivity index (χ3v) is 3.58. The Kier molecular flexibility index (Phi) is 5.04. The Bertz CT molecular complexity index is 569. The highest BCUT2D eigenvalue weighted by Gasteiger charge is 2.21. The number of hydrogen-bond acceptors (Lipinski definition) is 6. The predicted octanol–water partition coefficient (Wildman–Crippen LogP) is 2.43. The molecule has 0 atom stereocenters. The topological polar surface area (TPSA) is 105 Å². The molecule has 1 aromatic carbocycles. The zero-order valence-corrected chi connectivity index (χ0v) is 12.3. The van der Waals surface area contributed by atoms with Crippen molar-refractivity contribution in [1.29, 1.82) is 0 Å². The minimum absolute atomic E-state index is 0.0270. The van der Waals surface area contributed by atoms with Crippen LogP contribution in [0.2, 0.25) is 0 Å². The number of esters is 2. The first-order valence-corrected chi connectivity index (χ1v) is 7.25. The fraction of sp³-hybridized carbons (Fsp3) is 0.375. The Morgan fingerprint density at radius 1 is 1.14 bits per heavy atom. The summed E-state index contributed by atoms with van der Waals surface area (Å²) in [4.78, 5) is 23.4. The summed E-state index contributed by atoms with van der Waals surface area (Å²) in [6.07, 6.45) is 6.03. The number of rotatable bonds is 4. The lowest BCUT2D eigenvalue weighted by atomic mass is 9.98. The van der Waals surface area contributed by atoms with E-state index in [1.165, 1.54) is 18.6 Å². The molecule has 1 aliphatic rings. The van der Waals surface area contributed by atoms with Gasteiger partial charge in [0, 0.05) is 6.08 Å². The van der Waals surface area contributed by atoms with Gasteiger partial charge in [-0.05, 0) is 37.8 Å². The zero-order chi connectivity index (χ0) is 16.1. The Morgan fingerprint density at radius 2 is 1.73 bits per heavy atom. The number of benzene rings is 1. The molecule has 0 spiro atoms. The molecule has 6 heteroatoms. The monoisotopic (exact) mass is 304 g/mol. The second kappa shape index (κ2) is 6.98. The summed E-state index contributed by atoms with van der Waals surface area (Å²) in [5, 5.41) is 0. The summed E-state index contributed by atoms with van der Waals surface area (Å²) >= 11 is 0. The quantitative estimate of drug-likeness (QED) is 0.383. The lowest BCUT2D eigenvalue weighted by Crippen LogP contribution is -2.21. The fourth-order valence-electron chi connectivity index (χ4n) is 2.45. The van der Waals surface area contributed by atoms with Gasteiger partial charge in [-0.25, -0.2) is 9.59 Å². The molecule has 4 N–H and O–H groups in total. The molecular formula is C16H20N2O4. The van der Waals surface area contributed by atoms with Crippen molar-refractivity contribution in [1.82, 2.24) is 0 Å². The minimum atomic E-state index is -0.670. The van der Waals surface area contributed by atoms with E-state index < -0.39 is 11.9 Å². The summed E-state index contributed by atoms with van der Waals surface area (Å²) in [7, 11) is 0. The molecule has 0 bridgehead atoms. The van der Waals surface area contributed by atoms with Crippen LogP contribution in [-0.2, 0) is 9.53 Å². The molecule has 0 aliphatic heterocycles. The standard InChI is InChI=1S/C16H20N2O4/c1-2-14(19)22-15-12(17)8-10(9-13(15)18)16(20)21-11-6-4-3-5-7-11/h2,8-9,11H,1,3-7,17-18H2. The van der Waals surface area contributed by atoms with Crippen molar-refractivity contribution >= 4 is 23.3 Å². The first-order valence-electron chi connectivity index (χ1n) is 7.25. The average Bonchev–Trinajstić information content (AvgIpc) is 2.51. The maximum atomic E-state index is 12.1. The van der Waals surface area contributed by atoms with Gasteiger partial charge in [0.2, 0.25) is 0 Å². The zero-order valence-electron chi connectivity index (χ0n) is 12.3. The number of carbonyl (C=O) groups is 2. The molecule has 1 aliphatic carbocycles. The number of carbonyl (C=O) groups excluding carboxylic acids is 2. The molecule has 1 aromatic rings. The van der Waals surface area contributed by atoms with Gasteiger partial charge >= 0.3 is 11.9 Å². The van der Waals surface area contributed by atoms with Crippen molar-refractivity contribution in [2.75, 3.05) is 11.5 Å². The molecule has 1 saturated carbocycles. The predicted molar refractivity (Wildman–Crippen MR) is 83.4 cm³/mol. The van der Waals surface area contributed by atoms with E-state index in [0.717, 1.165) is 31.8 Å². The van der Waals surface area contributed by atoms with Gasteiger partial charge in [0.1, 0.15) is 6.10 Å². The highest BCUT2D eigenvalue weighted by Crippen LogP contribution is 2.31. The normalized spacial score (nSPS) is 15.1. The summed E-state index contributed by atoms with van der Waals surface area (Å²) < 4.78 is 10.4. The second-order valence-corrected chi connectivity index (χ2v) is 5.27. The van der Waals surface area contributed by atoms with Crippen molar-refractivity contribution in [2.24, 2.45) is 0 Å². The molecule has 0 heterocycles. The molecule has 0 radical (unpaired) electrons. The second-order valence-electron chi connectivity index (χ2n) is 5.27. The van der Waals surface area contributed by atoms with Gasteiger partial charge in [-0.15, -0.1) is 0 Å². The lowest BCUT2D eigenvalue weighted by Gasteiger charge is -2.22. The van der Waals surface area contributed by atoms with Crippen molar-refractivity contribution < 1.29 is 19.1 Å². The van der Waals surface area contributed by atoms with E-state index in [4.69, 9.17) is 20.9 Å². The van der Waals surface area contributed by atoms with Gasteiger partial charge < -0.3 is 20.9 Å². The molecule has 0 aromatic heterocycles. The molecule has 2 rings (SSSR count). The van der Waals surface area contributed by atoms with E-state index in [0.29, 0.717) is 0 Å². The molecule has 22 heavy (non-hydrogen) atoms. The van der Waals surface area contributed by atoms with Crippen LogP contribution >= 0.6 is 0 Å². The van der Waals surface area contributed by atoms with Gasteiger partial charge in [0.05, 0.1) is 16.9 Å². The molecule has 0 saturated heterocycles. The van der Waals surface area contributed by atoms with E-state index in [2.05, 4.69) is 6.58 Å². The van der Waals surface area contributed by atoms with E-state index in [-0.39, 0.29) is 28.8 Å². The number of nitrogens with two attached hydrogens (primary N) is 2. The smallest absolute Gasteiger partial charge is 0.338 e. The Hall–Kier alpha value is -2.50. The SMILES string of the molecule is C=CC(=O)Oc1c(N)cc(C(=O)OC2CCCCC2)cc1N. The first-order chi connectivity index (χ1) is 10.5. The minimum Gasteiger partial charge on any atom is -0.459 e. The highest BCUT2D eigenvalue weighted by molar-refractivity contribution is 5.94. The highest BCUT2D eigenvalue weighted by atomic mass is 16.5. The molecule has 118 valence electrons. The van der Waals surface area contributed by atoms with Crippen LogP contribution in [0.1, 0.15) is 42.5 Å². The summed E-state index contributed by atoms with van der Waals surface area (Å²) in [6, 6.07) is 2.79. The lowest BCUT2D eigenvalue weighted by molar-refractivity contribution is -0.128. The average molecular weight is 304 g/mol. The fourth-order valence-corrected chi connectivity index (χ4v) is 2.45. The molecule has 1 fully saturated rings. The third kappa shape index (κ3) is 3.78. The van der Waals surface area contributed by atoms with Gasteiger partial charge in [0.15, 0.2) is 5.75 Å². The number of nitrogen functional groups attached to an aromatic ring is 2. The first kappa shape index (κ1) is 15.9. The van der Waals surface area contributed by atoms with Crippen LogP contribution < -0.4 is 16.2 Å². The van der Waals surface area contributed by atoms with Crippen LogP contribution in [0, 0.1) is 0 Å². The Labute approximate surface area is 129 Å². The molecular weight excluding hydrogens is 284 g/mol. The van der Waals surface area contributed by atoms with Crippen molar-refractivity contribution in [3.05, 3.63) is 30.4 Å². The largest absolute Gasteiger partial charge is 0.459 e. The van der Waals surface area contributed by atoms with Gasteiger partial charge in [-0.1, -0.05) is 13.0 Å². The van der Waals surface area contributed by atoms with Crippen LogP contribution in [0.15, 0.2) is 24.8 Å². The number of anilines is 2. The van der Waals surface area contributed by atoms with Gasteiger partial charge in [0.25, 0.3) is 0 Å². The summed E-state index contributed by atoms with van der Waals surface area (Å²) in [6.45, 7) is 3.30. The Morgan fingerprint density at radius 3 is 2.27 bits per heavy atom. The van der Waals surface area contributed by atoms with Crippen LogP contribution in [0.25, 0.3) is 0 Å². The maximum absolute atomic E-state index is 12.1. The van der Waals surface area contributed by atoms with Crippen molar-refractivity contribution in [2.45, 2.75) is 38.2 Å². The van der Waals surface area contributed by atoms with Gasteiger partial charge in [-0.2, -0.15) is 0 Å². The summed E-state index contributed by atoms with van der Waals surface area (Å²) in [5.74, 6) is -1.11. The van der Waals surface area contributed by atoms with Crippen LogP contribution in [0.3, 0.4) is 0 Å². The maximum Gasteiger partial charge on any atom is 0.338 e. The molecule has 0 amide bonds. The number of hydrogen-bond donors (Lipinski definition) is 2. The third-order valence-electron chi connectivity index (χ3n) is 3.58. The van der Waals surface area contributed by atoms with Crippen molar-refractivity contribution in [3.8, 4) is 5.75 Å². The Balaban J connectivity index is 2.12.